The van der Waals surface area contributed by atoms with E-state index in [0.29, 0.717) is 5.69 Å². The van der Waals surface area contributed by atoms with Crippen molar-refractivity contribution >= 4 is 17.6 Å². The first-order valence-electron chi connectivity index (χ1n) is 7.33. The van der Waals surface area contributed by atoms with Crippen molar-refractivity contribution in [3.05, 3.63) is 36.4 Å². The molecule has 0 unspecified atom stereocenters. The van der Waals surface area contributed by atoms with Crippen molar-refractivity contribution in [1.82, 2.24) is 14.8 Å². The number of benzene rings is 1. The third-order valence-corrected chi connectivity index (χ3v) is 4.49. The van der Waals surface area contributed by atoms with E-state index in [9.17, 15) is 14.7 Å². The average molecular weight is 314 g/mol. The molecule has 2 N–H and O–H groups in total. The molecule has 3 rings (SSSR count). The Balaban J connectivity index is 1.78. The normalized spacial score (nSPS) is 21.7. The Bertz CT molecular complexity index is 781. The largest absolute Gasteiger partial charge is 0.481 e. The van der Waals surface area contributed by atoms with Gasteiger partial charge in [0.2, 0.25) is 5.91 Å². The number of hydrogen-bond donors (Lipinski definition) is 2. The van der Waals surface area contributed by atoms with E-state index in [4.69, 9.17) is 0 Å². The van der Waals surface area contributed by atoms with E-state index in [2.05, 4.69) is 15.5 Å². The molecule has 0 spiro atoms. The van der Waals surface area contributed by atoms with Gasteiger partial charge in [-0.05, 0) is 30.5 Å². The van der Waals surface area contributed by atoms with Gasteiger partial charge in [0, 0.05) is 5.69 Å². The summed E-state index contributed by atoms with van der Waals surface area (Å²) in [4.78, 5) is 23.6. The number of aliphatic carboxylic acids is 1. The number of rotatable bonds is 4. The number of anilines is 1. The van der Waals surface area contributed by atoms with Crippen LogP contribution in [0.15, 0.2) is 30.6 Å². The Kier molecular flexibility index (Phi) is 3.43. The maximum atomic E-state index is 12.4. The molecule has 1 amide bonds. The lowest BCUT2D eigenvalue weighted by Gasteiger charge is -2.09. The zero-order chi connectivity index (χ0) is 16.8. The monoisotopic (exact) mass is 314 g/mol. The molecule has 1 aromatic carbocycles. The highest BCUT2D eigenvalue weighted by molar-refractivity contribution is 5.99. The number of carbonyl (C=O) groups is 2. The molecule has 2 atom stereocenters. The van der Waals surface area contributed by atoms with E-state index in [-0.39, 0.29) is 5.91 Å². The highest BCUT2D eigenvalue weighted by Gasteiger charge is 2.65. The van der Waals surface area contributed by atoms with Gasteiger partial charge in [0.15, 0.2) is 0 Å². The summed E-state index contributed by atoms with van der Waals surface area (Å²) in [6.07, 6.45) is 1.60. The minimum absolute atomic E-state index is 0.264. The molecular formula is C16H18N4O3. The van der Waals surface area contributed by atoms with Gasteiger partial charge >= 0.3 is 5.97 Å². The van der Waals surface area contributed by atoms with Gasteiger partial charge in [-0.2, -0.15) is 0 Å². The first kappa shape index (κ1) is 15.2. The third-order valence-electron chi connectivity index (χ3n) is 4.49. The lowest BCUT2D eigenvalue weighted by atomic mass is 10.1. The second-order valence-corrected chi connectivity index (χ2v) is 6.40. The Morgan fingerprint density at radius 2 is 2.04 bits per heavy atom. The zero-order valence-corrected chi connectivity index (χ0v) is 13.1. The summed E-state index contributed by atoms with van der Waals surface area (Å²) in [5.41, 5.74) is 0.931. The summed E-state index contributed by atoms with van der Waals surface area (Å²) in [7, 11) is 0. The van der Waals surface area contributed by atoms with Gasteiger partial charge in [-0.1, -0.05) is 19.9 Å². The van der Waals surface area contributed by atoms with Crippen LogP contribution in [0.5, 0.6) is 0 Å². The van der Waals surface area contributed by atoms with Crippen LogP contribution in [0.1, 0.15) is 19.7 Å². The molecule has 7 nitrogen and oxygen atoms in total. The molecule has 7 heteroatoms. The summed E-state index contributed by atoms with van der Waals surface area (Å²) in [5.74, 6) is -1.60. The maximum absolute atomic E-state index is 12.4. The van der Waals surface area contributed by atoms with Gasteiger partial charge in [-0.15, -0.1) is 10.2 Å². The summed E-state index contributed by atoms with van der Waals surface area (Å²) in [6.45, 7) is 5.43. The molecule has 1 heterocycles. The van der Waals surface area contributed by atoms with Gasteiger partial charge in [0.1, 0.15) is 12.2 Å². The van der Waals surface area contributed by atoms with E-state index >= 15 is 0 Å². The second-order valence-electron chi connectivity index (χ2n) is 6.40. The molecule has 1 saturated carbocycles. The number of aromatic nitrogens is 3. The molecule has 1 aliphatic carbocycles. The lowest BCUT2D eigenvalue weighted by molar-refractivity contribution is -0.140. The van der Waals surface area contributed by atoms with Crippen molar-refractivity contribution < 1.29 is 14.7 Å². The van der Waals surface area contributed by atoms with Gasteiger partial charge in [0.25, 0.3) is 0 Å². The fraction of sp³-hybridized carbons (Fsp3) is 0.375. The lowest BCUT2D eigenvalue weighted by Crippen LogP contribution is -2.17. The van der Waals surface area contributed by atoms with Crippen molar-refractivity contribution in [1.29, 1.82) is 0 Å². The number of aryl methyl sites for hydroxylation is 1. The Hall–Kier alpha value is -2.70. The van der Waals surface area contributed by atoms with Crippen LogP contribution in [-0.2, 0) is 9.59 Å². The van der Waals surface area contributed by atoms with Crippen molar-refractivity contribution in [2.45, 2.75) is 20.8 Å². The smallest absolute Gasteiger partial charge is 0.307 e. The van der Waals surface area contributed by atoms with Crippen LogP contribution in [-0.4, -0.2) is 31.7 Å². The number of carbonyl (C=O) groups excluding carboxylic acids is 1. The summed E-state index contributed by atoms with van der Waals surface area (Å²) in [6, 6.07) is 7.27. The van der Waals surface area contributed by atoms with E-state index < -0.39 is 23.2 Å². The zero-order valence-electron chi connectivity index (χ0n) is 13.1. The van der Waals surface area contributed by atoms with Crippen molar-refractivity contribution in [2.75, 3.05) is 5.32 Å². The minimum atomic E-state index is -0.927. The van der Waals surface area contributed by atoms with E-state index in [1.807, 2.05) is 19.1 Å². The molecular weight excluding hydrogens is 296 g/mol. The molecule has 0 aliphatic heterocycles. The molecule has 120 valence electrons. The van der Waals surface area contributed by atoms with Crippen LogP contribution >= 0.6 is 0 Å². The molecule has 0 saturated heterocycles. The minimum Gasteiger partial charge on any atom is -0.481 e. The molecule has 2 aromatic rings. The topological polar surface area (TPSA) is 97.1 Å². The van der Waals surface area contributed by atoms with Crippen LogP contribution < -0.4 is 5.32 Å². The van der Waals surface area contributed by atoms with Crippen LogP contribution in [0.3, 0.4) is 0 Å². The third kappa shape index (κ3) is 2.58. The highest BCUT2D eigenvalue weighted by Crippen LogP contribution is 2.58. The molecule has 23 heavy (non-hydrogen) atoms. The van der Waals surface area contributed by atoms with Crippen molar-refractivity contribution in [2.24, 2.45) is 17.3 Å². The number of nitrogens with zero attached hydrogens (tertiary/aromatic N) is 3. The Morgan fingerprint density at radius 3 is 2.61 bits per heavy atom. The van der Waals surface area contributed by atoms with Crippen LogP contribution in [0.4, 0.5) is 5.69 Å². The van der Waals surface area contributed by atoms with Gasteiger partial charge in [-0.25, -0.2) is 0 Å². The molecule has 0 radical (unpaired) electrons. The van der Waals surface area contributed by atoms with Crippen molar-refractivity contribution in [3.63, 3.8) is 0 Å². The van der Waals surface area contributed by atoms with Gasteiger partial charge < -0.3 is 10.4 Å². The molecule has 1 aromatic heterocycles. The number of carboxylic acid groups (broad SMARTS) is 1. The number of hydrogen-bond acceptors (Lipinski definition) is 4. The first-order valence-corrected chi connectivity index (χ1v) is 7.33. The maximum Gasteiger partial charge on any atom is 0.307 e. The number of nitrogens with one attached hydrogen (secondary N) is 1. The van der Waals surface area contributed by atoms with Crippen LogP contribution in [0.2, 0.25) is 0 Å². The van der Waals surface area contributed by atoms with Crippen LogP contribution in [0, 0.1) is 24.2 Å². The fourth-order valence-electron chi connectivity index (χ4n) is 3.09. The van der Waals surface area contributed by atoms with Crippen LogP contribution in [0.25, 0.3) is 5.69 Å². The Labute approximate surface area is 133 Å². The predicted octanol–water partition coefficient (Wildman–Crippen LogP) is 1.87. The first-order chi connectivity index (χ1) is 10.8. The SMILES string of the molecule is Cc1nncn1-c1cccc(NC(=O)[C@@H]2[C@H](C(=O)O)C2(C)C)c1. The Morgan fingerprint density at radius 1 is 1.30 bits per heavy atom. The fourth-order valence-corrected chi connectivity index (χ4v) is 3.09. The number of carboxylic acids is 1. The van der Waals surface area contributed by atoms with E-state index in [1.54, 1.807) is 36.9 Å². The predicted molar refractivity (Wildman–Crippen MR) is 83.1 cm³/mol. The second kappa shape index (κ2) is 5.19. The van der Waals surface area contributed by atoms with Crippen molar-refractivity contribution in [3.8, 4) is 5.69 Å². The quantitative estimate of drug-likeness (QED) is 0.898. The van der Waals surface area contributed by atoms with E-state index in [0.717, 1.165) is 11.5 Å². The molecule has 1 fully saturated rings. The highest BCUT2D eigenvalue weighted by atomic mass is 16.4. The van der Waals surface area contributed by atoms with E-state index in [1.165, 1.54) is 0 Å². The molecule has 0 bridgehead atoms. The molecule has 1 aliphatic rings. The number of amides is 1. The summed E-state index contributed by atoms with van der Waals surface area (Å²) < 4.78 is 1.80. The summed E-state index contributed by atoms with van der Waals surface area (Å²) >= 11 is 0. The standard InChI is InChI=1S/C16H18N4O3/c1-9-19-17-8-20(9)11-6-4-5-10(7-11)18-14(21)12-13(15(22)23)16(12,2)3/h4-8,12-13H,1-3H3,(H,18,21)(H,22,23)/t12-,13+/m0/s1. The van der Waals surface area contributed by atoms with Gasteiger partial charge in [0.05, 0.1) is 17.5 Å². The average Bonchev–Trinajstić information content (AvgIpc) is 2.83. The van der Waals surface area contributed by atoms with Gasteiger partial charge in [-0.3, -0.25) is 14.2 Å². The summed E-state index contributed by atoms with van der Waals surface area (Å²) in [5, 5.41) is 19.8.